The fraction of sp³-hybridized carbons (Fsp3) is 0.588. The summed E-state index contributed by atoms with van der Waals surface area (Å²) >= 11 is 6.22. The van der Waals surface area contributed by atoms with Gasteiger partial charge in [-0.05, 0) is 44.2 Å². The highest BCUT2D eigenvalue weighted by atomic mass is 35.5. The molecule has 2 saturated heterocycles. The van der Waals surface area contributed by atoms with Crippen molar-refractivity contribution >= 4 is 17.3 Å². The molecule has 2 fully saturated rings. The third kappa shape index (κ3) is 2.88. The van der Waals surface area contributed by atoms with E-state index in [0.29, 0.717) is 28.7 Å². The van der Waals surface area contributed by atoms with Crippen molar-refractivity contribution in [2.24, 2.45) is 0 Å². The first-order chi connectivity index (χ1) is 10.2. The van der Waals surface area contributed by atoms with E-state index in [9.17, 15) is 5.26 Å². The van der Waals surface area contributed by atoms with Gasteiger partial charge >= 0.3 is 0 Å². The highest BCUT2D eigenvalue weighted by Gasteiger charge is 2.36. The van der Waals surface area contributed by atoms with Gasteiger partial charge in [0.25, 0.3) is 0 Å². The Bertz CT molecular complexity index is 539. The molecule has 0 radical (unpaired) electrons. The summed E-state index contributed by atoms with van der Waals surface area (Å²) in [6.07, 6.45) is 6.02. The minimum atomic E-state index is 0.522. The van der Waals surface area contributed by atoms with Crippen LogP contribution in [0.3, 0.4) is 0 Å². The lowest BCUT2D eigenvalue weighted by Gasteiger charge is -2.39. The quantitative estimate of drug-likeness (QED) is 0.921. The second kappa shape index (κ2) is 6.25. The molecule has 3 nitrogen and oxygen atoms in total. The van der Waals surface area contributed by atoms with Gasteiger partial charge in [0.2, 0.25) is 0 Å². The van der Waals surface area contributed by atoms with Gasteiger partial charge in [-0.2, -0.15) is 5.26 Å². The molecule has 1 N–H and O–H groups in total. The molecule has 21 heavy (non-hydrogen) atoms. The van der Waals surface area contributed by atoms with Crippen LogP contribution >= 0.6 is 11.6 Å². The molecule has 0 amide bonds. The van der Waals surface area contributed by atoms with Crippen LogP contribution in [-0.4, -0.2) is 24.7 Å². The number of nitrogens with one attached hydrogen (secondary N) is 1. The van der Waals surface area contributed by atoms with Gasteiger partial charge in [0, 0.05) is 24.7 Å². The molecule has 1 aromatic rings. The summed E-state index contributed by atoms with van der Waals surface area (Å²) in [6, 6.07) is 9.92. The van der Waals surface area contributed by atoms with E-state index in [0.717, 1.165) is 18.7 Å². The van der Waals surface area contributed by atoms with Crippen LogP contribution in [-0.2, 0) is 0 Å². The predicted molar refractivity (Wildman–Crippen MR) is 86.8 cm³/mol. The standard InChI is InChI=1S/C17H22ClN3/c1-2-8-21(14-9-12-6-7-13(10-14)20-12)17-5-3-4-16(18)15(17)11-19/h3-5,12-14,20H,2,6-10H2,1H3. The molecular weight excluding hydrogens is 282 g/mol. The number of halogens is 1. The van der Waals surface area contributed by atoms with Crippen LogP contribution < -0.4 is 10.2 Å². The number of nitrogens with zero attached hydrogens (tertiary/aromatic N) is 2. The first-order valence-electron chi connectivity index (χ1n) is 7.94. The number of hydrogen-bond acceptors (Lipinski definition) is 3. The molecule has 2 atom stereocenters. The van der Waals surface area contributed by atoms with Crippen LogP contribution in [0, 0.1) is 11.3 Å². The van der Waals surface area contributed by atoms with Gasteiger partial charge in [-0.15, -0.1) is 0 Å². The van der Waals surface area contributed by atoms with Gasteiger partial charge in [0.15, 0.2) is 0 Å². The Morgan fingerprint density at radius 3 is 2.67 bits per heavy atom. The van der Waals surface area contributed by atoms with E-state index in [-0.39, 0.29) is 0 Å². The van der Waals surface area contributed by atoms with Crippen molar-refractivity contribution in [3.05, 3.63) is 28.8 Å². The van der Waals surface area contributed by atoms with Crippen LogP contribution in [0.25, 0.3) is 0 Å². The molecule has 0 saturated carbocycles. The number of anilines is 1. The van der Waals surface area contributed by atoms with Gasteiger partial charge in [-0.25, -0.2) is 0 Å². The number of piperidine rings is 1. The van der Waals surface area contributed by atoms with E-state index in [4.69, 9.17) is 11.6 Å². The largest absolute Gasteiger partial charge is 0.367 e. The highest BCUT2D eigenvalue weighted by molar-refractivity contribution is 6.32. The molecule has 2 bridgehead atoms. The Hall–Kier alpha value is -1.24. The summed E-state index contributed by atoms with van der Waals surface area (Å²) in [5, 5.41) is 13.7. The van der Waals surface area contributed by atoms with E-state index in [2.05, 4.69) is 23.2 Å². The van der Waals surface area contributed by atoms with Crippen molar-refractivity contribution in [2.75, 3.05) is 11.4 Å². The molecule has 1 aromatic carbocycles. The molecule has 2 heterocycles. The smallest absolute Gasteiger partial charge is 0.103 e. The molecule has 0 spiro atoms. The molecule has 2 aliphatic heterocycles. The average molecular weight is 304 g/mol. The van der Waals surface area contributed by atoms with Gasteiger partial charge in [-0.3, -0.25) is 0 Å². The minimum absolute atomic E-state index is 0.522. The van der Waals surface area contributed by atoms with E-state index in [1.807, 2.05) is 12.1 Å². The van der Waals surface area contributed by atoms with Crippen LogP contribution in [0.15, 0.2) is 18.2 Å². The third-order valence-corrected chi connectivity index (χ3v) is 5.08. The zero-order valence-corrected chi connectivity index (χ0v) is 13.2. The van der Waals surface area contributed by atoms with Gasteiger partial charge in [-0.1, -0.05) is 24.6 Å². The number of benzene rings is 1. The molecule has 3 rings (SSSR count). The number of hydrogen-bond donors (Lipinski definition) is 1. The van der Waals surface area contributed by atoms with Gasteiger partial charge in [0.1, 0.15) is 6.07 Å². The lowest BCUT2D eigenvalue weighted by Crippen LogP contribution is -2.48. The fourth-order valence-electron chi connectivity index (χ4n) is 3.89. The van der Waals surface area contributed by atoms with Crippen LogP contribution in [0.1, 0.15) is 44.6 Å². The summed E-state index contributed by atoms with van der Waals surface area (Å²) in [4.78, 5) is 2.43. The number of rotatable bonds is 4. The SMILES string of the molecule is CCCN(c1cccc(Cl)c1C#N)C1CC2CCC(C1)N2. The summed E-state index contributed by atoms with van der Waals surface area (Å²) in [5.74, 6) is 0. The molecule has 112 valence electrons. The summed E-state index contributed by atoms with van der Waals surface area (Å²) in [7, 11) is 0. The topological polar surface area (TPSA) is 39.1 Å². The van der Waals surface area contributed by atoms with Crippen molar-refractivity contribution in [2.45, 2.75) is 57.2 Å². The second-order valence-electron chi connectivity index (χ2n) is 6.20. The maximum absolute atomic E-state index is 9.46. The molecule has 0 aromatic heterocycles. The Morgan fingerprint density at radius 2 is 2.05 bits per heavy atom. The first kappa shape index (κ1) is 14.7. The molecule has 2 unspecified atom stereocenters. The maximum atomic E-state index is 9.46. The second-order valence-corrected chi connectivity index (χ2v) is 6.61. The highest BCUT2D eigenvalue weighted by Crippen LogP contribution is 2.35. The van der Waals surface area contributed by atoms with Crippen molar-refractivity contribution in [1.29, 1.82) is 5.26 Å². The Labute approximate surface area is 131 Å². The van der Waals surface area contributed by atoms with Crippen LogP contribution in [0.4, 0.5) is 5.69 Å². The minimum Gasteiger partial charge on any atom is -0.367 e. The predicted octanol–water partition coefficient (Wildman–Crippen LogP) is 3.71. The van der Waals surface area contributed by atoms with Crippen molar-refractivity contribution < 1.29 is 0 Å². The fourth-order valence-corrected chi connectivity index (χ4v) is 4.10. The van der Waals surface area contributed by atoms with Gasteiger partial charge < -0.3 is 10.2 Å². The summed E-state index contributed by atoms with van der Waals surface area (Å²) in [5.41, 5.74) is 1.64. The molecular formula is C17H22ClN3. The first-order valence-corrected chi connectivity index (χ1v) is 8.32. The van der Waals surface area contributed by atoms with Crippen molar-refractivity contribution in [1.82, 2.24) is 5.32 Å². The van der Waals surface area contributed by atoms with E-state index in [1.165, 1.54) is 25.7 Å². The van der Waals surface area contributed by atoms with Gasteiger partial charge in [0.05, 0.1) is 16.3 Å². The Morgan fingerprint density at radius 1 is 1.33 bits per heavy atom. The molecule has 4 heteroatoms. The van der Waals surface area contributed by atoms with Crippen molar-refractivity contribution in [3.8, 4) is 6.07 Å². The third-order valence-electron chi connectivity index (χ3n) is 4.77. The maximum Gasteiger partial charge on any atom is 0.103 e. The zero-order valence-electron chi connectivity index (χ0n) is 12.5. The van der Waals surface area contributed by atoms with E-state index < -0.39 is 0 Å². The lowest BCUT2D eigenvalue weighted by molar-refractivity contribution is 0.346. The number of fused-ring (bicyclic) bond motifs is 2. The molecule has 0 aliphatic carbocycles. The number of nitriles is 1. The van der Waals surface area contributed by atoms with E-state index >= 15 is 0 Å². The zero-order chi connectivity index (χ0) is 14.8. The normalized spacial score (nSPS) is 27.4. The summed E-state index contributed by atoms with van der Waals surface area (Å²) in [6.45, 7) is 3.18. The lowest BCUT2D eigenvalue weighted by atomic mass is 9.96. The monoisotopic (exact) mass is 303 g/mol. The van der Waals surface area contributed by atoms with Crippen LogP contribution in [0.2, 0.25) is 5.02 Å². The summed E-state index contributed by atoms with van der Waals surface area (Å²) < 4.78 is 0. The average Bonchev–Trinajstić information content (AvgIpc) is 2.83. The Kier molecular flexibility index (Phi) is 4.37. The van der Waals surface area contributed by atoms with Crippen molar-refractivity contribution in [3.63, 3.8) is 0 Å². The Balaban J connectivity index is 1.91. The van der Waals surface area contributed by atoms with E-state index in [1.54, 1.807) is 6.07 Å². The molecule has 2 aliphatic rings. The van der Waals surface area contributed by atoms with Crippen LogP contribution in [0.5, 0.6) is 0 Å².